The van der Waals surface area contributed by atoms with Crippen molar-refractivity contribution in [1.82, 2.24) is 14.8 Å². The van der Waals surface area contributed by atoms with Gasteiger partial charge < -0.3 is 39.3 Å². The first-order valence-corrected chi connectivity index (χ1v) is 13.6. The Morgan fingerprint density at radius 1 is 1.10 bits per heavy atom. The second-order valence-electron chi connectivity index (χ2n) is 10.5. The molecule has 0 radical (unpaired) electrons. The number of pyridine rings is 1. The number of likely N-dealkylation sites (tertiary alicyclic amines) is 1. The fraction of sp³-hybridized carbons (Fsp3) is 0.552. The summed E-state index contributed by atoms with van der Waals surface area (Å²) in [5.41, 5.74) is 0.628. The molecule has 2 aromatic rings. The number of piperidine rings is 1. The molecule has 1 aromatic heterocycles. The molecule has 218 valence electrons. The standard InChI is InChI=1S/C29H39N3O8/c1-38-11-3-4-20-14-21(16-24(15-20)40-13-12-39-2)18-32(23-5-6-23)27(34)25-19-31(28(35)36)10-8-29(25,37)22-7-9-30-26(33)17-22/h7,9,14-17,23,25,37H,3-6,8,10-13,18-19H2,1-2H3,(H,30,33)(H,35,36)/t25-,29+/m1/s1. The molecule has 0 spiro atoms. The molecule has 2 heterocycles. The lowest BCUT2D eigenvalue weighted by molar-refractivity contribution is -0.154. The minimum absolute atomic E-state index is 0.00203. The van der Waals surface area contributed by atoms with E-state index in [-0.39, 0.29) is 37.3 Å². The third-order valence-electron chi connectivity index (χ3n) is 7.58. The number of amides is 2. The Hall–Kier alpha value is -3.41. The molecule has 2 amide bonds. The Morgan fingerprint density at radius 2 is 1.85 bits per heavy atom. The van der Waals surface area contributed by atoms with E-state index in [2.05, 4.69) is 11.1 Å². The van der Waals surface area contributed by atoms with Crippen LogP contribution in [0, 0.1) is 5.92 Å². The number of aromatic nitrogens is 1. The van der Waals surface area contributed by atoms with Gasteiger partial charge in [-0.15, -0.1) is 0 Å². The zero-order chi connectivity index (χ0) is 28.7. The molecular weight excluding hydrogens is 518 g/mol. The van der Waals surface area contributed by atoms with E-state index >= 15 is 0 Å². The van der Waals surface area contributed by atoms with Gasteiger partial charge in [0.1, 0.15) is 18.0 Å². The normalized spacial score (nSPS) is 20.8. The average molecular weight is 558 g/mol. The highest BCUT2D eigenvalue weighted by Gasteiger charge is 2.50. The molecule has 11 nitrogen and oxygen atoms in total. The van der Waals surface area contributed by atoms with Crippen LogP contribution < -0.4 is 4.74 Å². The number of aromatic hydroxyl groups is 1. The van der Waals surface area contributed by atoms with E-state index < -0.39 is 17.6 Å². The lowest BCUT2D eigenvalue weighted by atomic mass is 9.75. The molecular formula is C29H39N3O8. The van der Waals surface area contributed by atoms with Gasteiger partial charge in [-0.25, -0.2) is 9.78 Å². The Morgan fingerprint density at radius 3 is 2.52 bits per heavy atom. The van der Waals surface area contributed by atoms with E-state index in [0.29, 0.717) is 37.7 Å². The van der Waals surface area contributed by atoms with Crippen LogP contribution in [0.25, 0.3) is 0 Å². The van der Waals surface area contributed by atoms with Gasteiger partial charge >= 0.3 is 6.09 Å². The van der Waals surface area contributed by atoms with Gasteiger partial charge in [0.05, 0.1) is 12.5 Å². The second kappa shape index (κ2) is 13.3. The van der Waals surface area contributed by atoms with Crippen molar-refractivity contribution in [2.75, 3.05) is 47.1 Å². The molecule has 3 N–H and O–H groups in total. The SMILES string of the molecule is COCCCc1cc(CN(C(=O)[C@H]2CN(C(=O)O)CC[C@]2(O)c2ccnc(O)c2)C2CC2)cc(OCCOC)c1. The number of hydrogen-bond donors (Lipinski definition) is 3. The third-order valence-corrected chi connectivity index (χ3v) is 7.58. The van der Waals surface area contributed by atoms with Gasteiger partial charge in [-0.05, 0) is 67.0 Å². The van der Waals surface area contributed by atoms with Gasteiger partial charge in [-0.2, -0.15) is 0 Å². The Labute approximate surface area is 234 Å². The molecule has 1 aliphatic carbocycles. The maximum Gasteiger partial charge on any atom is 0.407 e. The third kappa shape index (κ3) is 7.21. The molecule has 1 aliphatic heterocycles. The molecule has 0 unspecified atom stereocenters. The molecule has 40 heavy (non-hydrogen) atoms. The average Bonchev–Trinajstić information content (AvgIpc) is 3.77. The monoisotopic (exact) mass is 557 g/mol. The molecule has 2 aliphatic rings. The summed E-state index contributed by atoms with van der Waals surface area (Å²) in [6, 6.07) is 8.85. The predicted molar refractivity (Wildman–Crippen MR) is 145 cm³/mol. The number of aliphatic hydroxyl groups is 1. The number of carboxylic acid groups (broad SMARTS) is 1. The van der Waals surface area contributed by atoms with E-state index in [1.54, 1.807) is 25.2 Å². The maximum atomic E-state index is 14.2. The van der Waals surface area contributed by atoms with Crippen molar-refractivity contribution in [3.05, 3.63) is 53.2 Å². The van der Waals surface area contributed by atoms with Crippen LogP contribution in [-0.2, 0) is 32.8 Å². The lowest BCUT2D eigenvalue weighted by Gasteiger charge is -2.44. The summed E-state index contributed by atoms with van der Waals surface area (Å²) in [4.78, 5) is 32.8. The number of nitrogens with zero attached hydrogens (tertiary/aromatic N) is 3. The van der Waals surface area contributed by atoms with E-state index in [0.717, 1.165) is 36.8 Å². The van der Waals surface area contributed by atoms with Crippen LogP contribution in [-0.4, -0.2) is 95.3 Å². The van der Waals surface area contributed by atoms with Gasteiger partial charge in [0.2, 0.25) is 11.8 Å². The summed E-state index contributed by atoms with van der Waals surface area (Å²) < 4.78 is 16.2. The number of benzene rings is 1. The van der Waals surface area contributed by atoms with Gasteiger partial charge in [0, 0.05) is 58.8 Å². The Bertz CT molecular complexity index is 1150. The molecule has 1 saturated carbocycles. The van der Waals surface area contributed by atoms with Crippen molar-refractivity contribution >= 4 is 12.0 Å². The van der Waals surface area contributed by atoms with Crippen LogP contribution in [0.15, 0.2) is 36.5 Å². The highest BCUT2D eigenvalue weighted by atomic mass is 16.5. The second-order valence-corrected chi connectivity index (χ2v) is 10.5. The van der Waals surface area contributed by atoms with Gasteiger partial charge in [0.25, 0.3) is 0 Å². The van der Waals surface area contributed by atoms with Crippen molar-refractivity contribution in [2.45, 2.75) is 50.3 Å². The van der Waals surface area contributed by atoms with Crippen LogP contribution in [0.5, 0.6) is 11.6 Å². The maximum absolute atomic E-state index is 14.2. The smallest absolute Gasteiger partial charge is 0.407 e. The lowest BCUT2D eigenvalue weighted by Crippen LogP contribution is -2.57. The van der Waals surface area contributed by atoms with Crippen molar-refractivity contribution in [2.24, 2.45) is 5.92 Å². The van der Waals surface area contributed by atoms with E-state index in [1.807, 2.05) is 12.1 Å². The quantitative estimate of drug-likeness (QED) is 0.317. The van der Waals surface area contributed by atoms with Gasteiger partial charge in [-0.3, -0.25) is 4.79 Å². The Balaban J connectivity index is 1.63. The first-order chi connectivity index (χ1) is 19.2. The number of aryl methyl sites for hydroxylation is 1. The molecule has 2 atom stereocenters. The summed E-state index contributed by atoms with van der Waals surface area (Å²) in [5.74, 6) is -0.965. The van der Waals surface area contributed by atoms with Crippen molar-refractivity contribution in [3.63, 3.8) is 0 Å². The summed E-state index contributed by atoms with van der Waals surface area (Å²) in [5, 5.41) is 31.6. The zero-order valence-electron chi connectivity index (χ0n) is 23.1. The number of carbonyl (C=O) groups excluding carboxylic acids is 1. The zero-order valence-corrected chi connectivity index (χ0v) is 23.1. The minimum atomic E-state index is -1.66. The summed E-state index contributed by atoms with van der Waals surface area (Å²) in [6.07, 6.45) is 3.53. The minimum Gasteiger partial charge on any atom is -0.493 e. The van der Waals surface area contributed by atoms with Crippen LogP contribution in [0.1, 0.15) is 42.4 Å². The highest BCUT2D eigenvalue weighted by Crippen LogP contribution is 2.41. The molecule has 1 aromatic carbocycles. The fourth-order valence-electron chi connectivity index (χ4n) is 5.31. The number of methoxy groups -OCH3 is 2. The summed E-state index contributed by atoms with van der Waals surface area (Å²) >= 11 is 0. The first kappa shape index (κ1) is 29.6. The Kier molecular flexibility index (Phi) is 9.83. The van der Waals surface area contributed by atoms with Crippen LogP contribution in [0.4, 0.5) is 4.79 Å². The molecule has 4 rings (SSSR count). The van der Waals surface area contributed by atoms with E-state index in [1.165, 1.54) is 17.2 Å². The first-order valence-electron chi connectivity index (χ1n) is 13.6. The number of carbonyl (C=O) groups is 2. The van der Waals surface area contributed by atoms with Gasteiger partial charge in [0.15, 0.2) is 0 Å². The predicted octanol–water partition coefficient (Wildman–Crippen LogP) is 2.77. The van der Waals surface area contributed by atoms with Gasteiger partial charge in [-0.1, -0.05) is 6.07 Å². The van der Waals surface area contributed by atoms with Crippen LogP contribution >= 0.6 is 0 Å². The van der Waals surface area contributed by atoms with E-state index in [4.69, 9.17) is 14.2 Å². The topological polar surface area (TPSA) is 142 Å². The molecule has 1 saturated heterocycles. The molecule has 11 heteroatoms. The number of hydrogen-bond acceptors (Lipinski definition) is 8. The molecule has 2 fully saturated rings. The summed E-state index contributed by atoms with van der Waals surface area (Å²) in [6.45, 7) is 1.67. The van der Waals surface area contributed by atoms with Crippen molar-refractivity contribution in [1.29, 1.82) is 0 Å². The van der Waals surface area contributed by atoms with E-state index in [9.17, 15) is 24.9 Å². The van der Waals surface area contributed by atoms with Crippen molar-refractivity contribution < 1.29 is 39.1 Å². The number of ether oxygens (including phenoxy) is 3. The van der Waals surface area contributed by atoms with Crippen LogP contribution in [0.2, 0.25) is 0 Å². The fourth-order valence-corrected chi connectivity index (χ4v) is 5.31. The van der Waals surface area contributed by atoms with Crippen molar-refractivity contribution in [3.8, 4) is 11.6 Å². The highest BCUT2D eigenvalue weighted by molar-refractivity contribution is 5.82. The molecule has 0 bridgehead atoms. The van der Waals surface area contributed by atoms with Crippen LogP contribution in [0.3, 0.4) is 0 Å². The number of rotatable bonds is 13. The summed E-state index contributed by atoms with van der Waals surface area (Å²) in [7, 11) is 3.28. The largest absolute Gasteiger partial charge is 0.493 e.